The van der Waals surface area contributed by atoms with Crippen LogP contribution in [0.15, 0.2) is 41.1 Å². The lowest BCUT2D eigenvalue weighted by molar-refractivity contribution is 0.530. The minimum absolute atomic E-state index is 0.141. The highest BCUT2D eigenvalue weighted by atomic mass is 79.9. The molecule has 0 aliphatic heterocycles. The van der Waals surface area contributed by atoms with Gasteiger partial charge in [-0.3, -0.25) is 4.98 Å². The van der Waals surface area contributed by atoms with E-state index in [1.165, 1.54) is 0 Å². The molecule has 2 aromatic rings. The lowest BCUT2D eigenvalue weighted by Gasteiger charge is -2.18. The zero-order chi connectivity index (χ0) is 13.8. The maximum Gasteiger partial charge on any atom is 0.142 e. The molecule has 2 rings (SSSR count). The molecule has 2 nitrogen and oxygen atoms in total. The van der Waals surface area contributed by atoms with E-state index in [-0.39, 0.29) is 11.9 Å². The molecule has 5 heteroatoms. The fraction of sp³-hybridized carbons (Fsp3) is 0.214. The Balaban J connectivity index is 2.31. The highest BCUT2D eigenvalue weighted by Crippen LogP contribution is 2.27. The fourth-order valence-electron chi connectivity index (χ4n) is 1.95. The minimum atomic E-state index is -0.243. The van der Waals surface area contributed by atoms with Crippen LogP contribution in [0.3, 0.4) is 0 Å². The van der Waals surface area contributed by atoms with Crippen molar-refractivity contribution in [3.05, 3.63) is 63.1 Å². The van der Waals surface area contributed by atoms with Gasteiger partial charge in [0.25, 0.3) is 0 Å². The number of nitrogens with zero attached hydrogens (tertiary/aromatic N) is 1. The molecule has 1 N–H and O–H groups in total. The number of benzene rings is 1. The third-order valence-electron chi connectivity index (χ3n) is 2.99. The normalized spacial score (nSPS) is 12.4. The molecule has 0 saturated heterocycles. The first kappa shape index (κ1) is 14.4. The third kappa shape index (κ3) is 3.32. The summed E-state index contributed by atoms with van der Waals surface area (Å²) in [5.74, 6) is -0.243. The Morgan fingerprint density at radius 1 is 1.42 bits per heavy atom. The maximum absolute atomic E-state index is 14.1. The Kier molecular flexibility index (Phi) is 4.91. The first-order valence-corrected chi connectivity index (χ1v) is 7.00. The summed E-state index contributed by atoms with van der Waals surface area (Å²) in [6.07, 6.45) is 3.89. The molecule has 19 heavy (non-hydrogen) atoms. The van der Waals surface area contributed by atoms with E-state index in [2.05, 4.69) is 26.2 Å². The molecule has 1 heterocycles. The number of hydrogen-bond donors (Lipinski definition) is 1. The molecular weight excluding hydrogens is 331 g/mol. The summed E-state index contributed by atoms with van der Waals surface area (Å²) in [5, 5.41) is 3.72. The lowest BCUT2D eigenvalue weighted by atomic mass is 9.99. The van der Waals surface area contributed by atoms with Gasteiger partial charge in [0, 0.05) is 24.0 Å². The molecule has 1 unspecified atom stereocenters. The van der Waals surface area contributed by atoms with Gasteiger partial charge < -0.3 is 5.32 Å². The van der Waals surface area contributed by atoms with Crippen molar-refractivity contribution in [2.75, 3.05) is 7.05 Å². The Labute approximate surface area is 125 Å². The van der Waals surface area contributed by atoms with E-state index in [1.54, 1.807) is 31.6 Å². The second-order valence-corrected chi connectivity index (χ2v) is 5.42. The molecule has 0 amide bonds. The van der Waals surface area contributed by atoms with E-state index in [0.29, 0.717) is 21.5 Å². The van der Waals surface area contributed by atoms with Gasteiger partial charge in [0.15, 0.2) is 0 Å². The van der Waals surface area contributed by atoms with Gasteiger partial charge >= 0.3 is 0 Å². The summed E-state index contributed by atoms with van der Waals surface area (Å²) in [4.78, 5) is 3.95. The number of rotatable bonds is 4. The van der Waals surface area contributed by atoms with Crippen LogP contribution in [0.4, 0.5) is 4.39 Å². The van der Waals surface area contributed by atoms with Crippen molar-refractivity contribution in [3.8, 4) is 0 Å². The summed E-state index contributed by atoms with van der Waals surface area (Å²) >= 11 is 9.30. The van der Waals surface area contributed by atoms with Gasteiger partial charge in [-0.1, -0.05) is 23.7 Å². The largest absolute Gasteiger partial charge is 0.313 e. The first-order chi connectivity index (χ1) is 9.13. The number of halogens is 3. The van der Waals surface area contributed by atoms with Gasteiger partial charge in [-0.05, 0) is 47.1 Å². The van der Waals surface area contributed by atoms with Crippen molar-refractivity contribution in [3.63, 3.8) is 0 Å². The molecule has 0 aliphatic carbocycles. The summed E-state index contributed by atoms with van der Waals surface area (Å²) in [6.45, 7) is 0. The highest BCUT2D eigenvalue weighted by Gasteiger charge is 2.17. The van der Waals surface area contributed by atoms with E-state index in [1.807, 2.05) is 12.1 Å². The second-order valence-electron chi connectivity index (χ2n) is 4.16. The SMILES string of the molecule is CNC(Cc1ccncc1Cl)c1cccc(Br)c1F. The predicted molar refractivity (Wildman–Crippen MR) is 78.9 cm³/mol. The maximum atomic E-state index is 14.1. The molecule has 0 radical (unpaired) electrons. The van der Waals surface area contributed by atoms with Gasteiger partial charge in [0.1, 0.15) is 5.82 Å². The van der Waals surface area contributed by atoms with E-state index in [9.17, 15) is 4.39 Å². The molecular formula is C14H13BrClFN2. The molecule has 0 spiro atoms. The van der Waals surface area contributed by atoms with Crippen molar-refractivity contribution in [2.45, 2.75) is 12.5 Å². The van der Waals surface area contributed by atoms with Gasteiger partial charge in [0.2, 0.25) is 0 Å². The smallest absolute Gasteiger partial charge is 0.142 e. The third-order valence-corrected chi connectivity index (χ3v) is 3.94. The monoisotopic (exact) mass is 342 g/mol. The van der Waals surface area contributed by atoms with Crippen LogP contribution in [0.5, 0.6) is 0 Å². The van der Waals surface area contributed by atoms with Crippen molar-refractivity contribution >= 4 is 27.5 Å². The van der Waals surface area contributed by atoms with Crippen LogP contribution in [0.2, 0.25) is 5.02 Å². The van der Waals surface area contributed by atoms with Crippen LogP contribution in [0.1, 0.15) is 17.2 Å². The van der Waals surface area contributed by atoms with E-state index >= 15 is 0 Å². The predicted octanol–water partition coefficient (Wildman–Crippen LogP) is 4.14. The first-order valence-electron chi connectivity index (χ1n) is 5.83. The number of aromatic nitrogens is 1. The summed E-state index contributed by atoms with van der Waals surface area (Å²) < 4.78 is 14.6. The zero-order valence-electron chi connectivity index (χ0n) is 10.3. The summed E-state index contributed by atoms with van der Waals surface area (Å²) in [5.41, 5.74) is 1.56. The van der Waals surface area contributed by atoms with E-state index < -0.39 is 0 Å². The van der Waals surface area contributed by atoms with Crippen LogP contribution in [0, 0.1) is 5.82 Å². The Bertz CT molecular complexity index is 577. The molecule has 0 aliphatic rings. The van der Waals surface area contributed by atoms with Crippen LogP contribution in [-0.2, 0) is 6.42 Å². The van der Waals surface area contributed by atoms with Crippen molar-refractivity contribution < 1.29 is 4.39 Å². The average Bonchev–Trinajstić information content (AvgIpc) is 2.41. The van der Waals surface area contributed by atoms with Crippen LogP contribution in [0.25, 0.3) is 0 Å². The quantitative estimate of drug-likeness (QED) is 0.902. The Hall–Kier alpha value is -0.970. The number of pyridine rings is 1. The molecule has 1 aromatic heterocycles. The molecule has 0 saturated carbocycles. The minimum Gasteiger partial charge on any atom is -0.313 e. The molecule has 1 aromatic carbocycles. The molecule has 0 fully saturated rings. The fourth-order valence-corrected chi connectivity index (χ4v) is 2.52. The van der Waals surface area contributed by atoms with Crippen LogP contribution < -0.4 is 5.32 Å². The highest BCUT2D eigenvalue weighted by molar-refractivity contribution is 9.10. The average molecular weight is 344 g/mol. The van der Waals surface area contributed by atoms with Crippen molar-refractivity contribution in [1.29, 1.82) is 0 Å². The van der Waals surface area contributed by atoms with E-state index in [4.69, 9.17) is 11.6 Å². The molecule has 1 atom stereocenters. The van der Waals surface area contributed by atoms with Gasteiger partial charge in [-0.2, -0.15) is 0 Å². The number of hydrogen-bond acceptors (Lipinski definition) is 2. The Morgan fingerprint density at radius 3 is 2.89 bits per heavy atom. The van der Waals surface area contributed by atoms with Gasteiger partial charge in [-0.25, -0.2) is 4.39 Å². The summed E-state index contributed by atoms with van der Waals surface area (Å²) in [6, 6.07) is 6.99. The topological polar surface area (TPSA) is 24.9 Å². The van der Waals surface area contributed by atoms with Crippen LogP contribution >= 0.6 is 27.5 Å². The lowest BCUT2D eigenvalue weighted by Crippen LogP contribution is -2.20. The standard InChI is InChI=1S/C14H13BrClFN2/c1-18-13(7-9-5-6-19-8-12(9)16)10-3-2-4-11(15)14(10)17/h2-6,8,13,18H,7H2,1H3. The van der Waals surface area contributed by atoms with E-state index in [0.717, 1.165) is 5.56 Å². The van der Waals surface area contributed by atoms with Gasteiger partial charge in [0.05, 0.1) is 9.50 Å². The van der Waals surface area contributed by atoms with Crippen LogP contribution in [-0.4, -0.2) is 12.0 Å². The van der Waals surface area contributed by atoms with Gasteiger partial charge in [-0.15, -0.1) is 0 Å². The number of nitrogens with one attached hydrogen (secondary N) is 1. The number of likely N-dealkylation sites (N-methyl/N-ethyl adjacent to an activating group) is 1. The second kappa shape index (κ2) is 6.46. The van der Waals surface area contributed by atoms with Crippen molar-refractivity contribution in [1.82, 2.24) is 10.3 Å². The summed E-state index contributed by atoms with van der Waals surface area (Å²) in [7, 11) is 1.81. The van der Waals surface area contributed by atoms with Crippen molar-refractivity contribution in [2.24, 2.45) is 0 Å². The molecule has 100 valence electrons. The Morgan fingerprint density at radius 2 is 2.21 bits per heavy atom. The molecule has 0 bridgehead atoms. The zero-order valence-corrected chi connectivity index (χ0v) is 12.7.